The molecule has 2 rings (SSSR count). The van der Waals surface area contributed by atoms with Crippen LogP contribution in [0.5, 0.6) is 0 Å². The van der Waals surface area contributed by atoms with E-state index in [1.165, 1.54) is 12.1 Å². The van der Waals surface area contributed by atoms with E-state index in [-0.39, 0.29) is 11.2 Å². The molecule has 2 heterocycles. The monoisotopic (exact) mass is 237 g/mol. The predicted molar refractivity (Wildman–Crippen MR) is 63.1 cm³/mol. The lowest BCUT2D eigenvalue weighted by atomic mass is 10.0. The first-order chi connectivity index (χ1) is 8.00. The second kappa shape index (κ2) is 4.21. The molecule has 1 unspecified atom stereocenters. The van der Waals surface area contributed by atoms with Gasteiger partial charge < -0.3 is 20.9 Å². The molecule has 1 saturated heterocycles. The summed E-state index contributed by atoms with van der Waals surface area (Å²) in [5.74, 6) is -0.668. The number of carboxylic acid groups (broad SMARTS) is 1. The molecule has 1 aliphatic rings. The molecule has 1 atom stereocenters. The minimum atomic E-state index is -1.07. The van der Waals surface area contributed by atoms with Gasteiger partial charge in [0.05, 0.1) is 17.8 Å². The van der Waals surface area contributed by atoms with E-state index in [1.807, 2.05) is 6.92 Å². The lowest BCUT2D eigenvalue weighted by Gasteiger charge is -2.25. The van der Waals surface area contributed by atoms with Crippen molar-refractivity contribution in [3.8, 4) is 0 Å². The third-order valence-corrected chi connectivity index (χ3v) is 2.78. The van der Waals surface area contributed by atoms with Crippen molar-refractivity contribution in [3.63, 3.8) is 0 Å². The summed E-state index contributed by atoms with van der Waals surface area (Å²) < 4.78 is 5.30. The van der Waals surface area contributed by atoms with E-state index >= 15 is 0 Å². The van der Waals surface area contributed by atoms with Gasteiger partial charge in [0.2, 0.25) is 0 Å². The van der Waals surface area contributed by atoms with E-state index in [2.05, 4.69) is 10.3 Å². The van der Waals surface area contributed by atoms with Crippen LogP contribution in [0.3, 0.4) is 0 Å². The van der Waals surface area contributed by atoms with Gasteiger partial charge in [0.25, 0.3) is 0 Å². The van der Waals surface area contributed by atoms with Crippen LogP contribution in [0.15, 0.2) is 12.1 Å². The number of nitrogens with one attached hydrogen (secondary N) is 1. The molecule has 1 aromatic heterocycles. The molecule has 1 aliphatic heterocycles. The van der Waals surface area contributed by atoms with E-state index in [0.717, 1.165) is 6.42 Å². The molecule has 17 heavy (non-hydrogen) atoms. The molecule has 6 heteroatoms. The van der Waals surface area contributed by atoms with Gasteiger partial charge >= 0.3 is 5.97 Å². The quantitative estimate of drug-likeness (QED) is 0.724. The lowest BCUT2D eigenvalue weighted by molar-refractivity contribution is 0.0690. The molecule has 0 spiro atoms. The van der Waals surface area contributed by atoms with Crippen molar-refractivity contribution in [2.24, 2.45) is 0 Å². The molecule has 0 radical (unpaired) electrons. The Kier molecular flexibility index (Phi) is 2.89. The van der Waals surface area contributed by atoms with Crippen LogP contribution in [-0.2, 0) is 4.74 Å². The largest absolute Gasteiger partial charge is 0.477 e. The number of ether oxygens (including phenoxy) is 1. The maximum atomic E-state index is 10.8. The van der Waals surface area contributed by atoms with Crippen LogP contribution in [0.25, 0.3) is 0 Å². The molecule has 4 N–H and O–H groups in total. The smallest absolute Gasteiger partial charge is 0.354 e. The first-order valence-electron chi connectivity index (χ1n) is 5.36. The van der Waals surface area contributed by atoms with E-state index < -0.39 is 5.97 Å². The summed E-state index contributed by atoms with van der Waals surface area (Å²) in [4.78, 5) is 14.8. The first-order valence-corrected chi connectivity index (χ1v) is 5.36. The van der Waals surface area contributed by atoms with Gasteiger partial charge in [-0.1, -0.05) is 0 Å². The number of aromatic nitrogens is 1. The second-order valence-electron chi connectivity index (χ2n) is 4.43. The Bertz CT molecular complexity index is 442. The van der Waals surface area contributed by atoms with Gasteiger partial charge in [-0.05, 0) is 25.5 Å². The number of nitrogens with zero attached hydrogens (tertiary/aromatic N) is 1. The van der Waals surface area contributed by atoms with E-state index in [9.17, 15) is 4.79 Å². The van der Waals surface area contributed by atoms with Gasteiger partial charge in [-0.3, -0.25) is 0 Å². The molecule has 1 aromatic rings. The van der Waals surface area contributed by atoms with Gasteiger partial charge in [0, 0.05) is 6.61 Å². The van der Waals surface area contributed by atoms with Crippen molar-refractivity contribution in [1.29, 1.82) is 0 Å². The molecule has 1 fully saturated rings. The summed E-state index contributed by atoms with van der Waals surface area (Å²) in [5, 5.41) is 12.0. The number of hydrogen-bond acceptors (Lipinski definition) is 5. The van der Waals surface area contributed by atoms with Gasteiger partial charge in [-0.25, -0.2) is 9.78 Å². The topological polar surface area (TPSA) is 97.5 Å². The summed E-state index contributed by atoms with van der Waals surface area (Å²) in [6.45, 7) is 3.24. The SMILES string of the molecule is CC1(Nc2nc(C(=O)O)ccc2N)CCOC1. The zero-order valence-corrected chi connectivity index (χ0v) is 9.56. The maximum Gasteiger partial charge on any atom is 0.354 e. The Morgan fingerprint density at radius 3 is 3.00 bits per heavy atom. The van der Waals surface area contributed by atoms with Crippen LogP contribution in [-0.4, -0.2) is 34.8 Å². The van der Waals surface area contributed by atoms with Crippen LogP contribution in [0.2, 0.25) is 0 Å². The van der Waals surface area contributed by atoms with Crippen molar-refractivity contribution in [3.05, 3.63) is 17.8 Å². The number of aromatic carboxylic acids is 1. The van der Waals surface area contributed by atoms with Crippen LogP contribution < -0.4 is 11.1 Å². The third kappa shape index (κ3) is 2.47. The molecule has 0 bridgehead atoms. The standard InChI is InChI=1S/C11H15N3O3/c1-11(4-5-17-6-11)14-9-7(12)2-3-8(13-9)10(15)16/h2-3H,4-6,12H2,1H3,(H,13,14)(H,15,16). The summed E-state index contributed by atoms with van der Waals surface area (Å²) in [5.41, 5.74) is 5.94. The van der Waals surface area contributed by atoms with Crippen LogP contribution in [0.1, 0.15) is 23.8 Å². The Morgan fingerprint density at radius 1 is 1.65 bits per heavy atom. The fourth-order valence-electron chi connectivity index (χ4n) is 1.74. The van der Waals surface area contributed by atoms with Crippen LogP contribution in [0, 0.1) is 0 Å². The molecule has 0 amide bonds. The molecule has 0 saturated carbocycles. The van der Waals surface area contributed by atoms with Gasteiger partial charge in [-0.15, -0.1) is 0 Å². The lowest BCUT2D eigenvalue weighted by Crippen LogP contribution is -2.35. The van der Waals surface area contributed by atoms with E-state index in [1.54, 1.807) is 0 Å². The Labute approximate surface area is 98.8 Å². The second-order valence-corrected chi connectivity index (χ2v) is 4.43. The Morgan fingerprint density at radius 2 is 2.41 bits per heavy atom. The summed E-state index contributed by atoms with van der Waals surface area (Å²) in [6.07, 6.45) is 0.839. The van der Waals surface area contributed by atoms with Crippen molar-refractivity contribution in [2.75, 3.05) is 24.3 Å². The molecule has 0 aromatic carbocycles. The van der Waals surface area contributed by atoms with E-state index in [4.69, 9.17) is 15.6 Å². The number of nitrogen functional groups attached to an aromatic ring is 1. The highest BCUT2D eigenvalue weighted by molar-refractivity contribution is 5.86. The van der Waals surface area contributed by atoms with Gasteiger partial charge in [0.15, 0.2) is 11.5 Å². The molecule has 0 aliphatic carbocycles. The molecule has 6 nitrogen and oxygen atoms in total. The highest BCUT2D eigenvalue weighted by atomic mass is 16.5. The molecular weight excluding hydrogens is 222 g/mol. The summed E-state index contributed by atoms with van der Waals surface area (Å²) >= 11 is 0. The number of carbonyl (C=O) groups is 1. The van der Waals surface area contributed by atoms with Crippen molar-refractivity contribution < 1.29 is 14.6 Å². The fraction of sp³-hybridized carbons (Fsp3) is 0.455. The van der Waals surface area contributed by atoms with Gasteiger partial charge in [-0.2, -0.15) is 0 Å². The highest BCUT2D eigenvalue weighted by Crippen LogP contribution is 2.26. The minimum Gasteiger partial charge on any atom is -0.477 e. The zero-order valence-electron chi connectivity index (χ0n) is 9.56. The van der Waals surface area contributed by atoms with Gasteiger partial charge in [0.1, 0.15) is 0 Å². The number of pyridine rings is 1. The fourth-order valence-corrected chi connectivity index (χ4v) is 1.74. The van der Waals surface area contributed by atoms with Crippen molar-refractivity contribution in [1.82, 2.24) is 4.98 Å². The number of hydrogen-bond donors (Lipinski definition) is 3. The first kappa shape index (κ1) is 11.7. The molecule has 92 valence electrons. The zero-order chi connectivity index (χ0) is 12.5. The van der Waals surface area contributed by atoms with Crippen LogP contribution in [0.4, 0.5) is 11.5 Å². The number of anilines is 2. The van der Waals surface area contributed by atoms with Crippen molar-refractivity contribution >= 4 is 17.5 Å². The number of nitrogens with two attached hydrogens (primary N) is 1. The minimum absolute atomic E-state index is 0.0239. The normalized spacial score (nSPS) is 23.6. The third-order valence-electron chi connectivity index (χ3n) is 2.78. The summed E-state index contributed by atoms with van der Waals surface area (Å²) in [6, 6.07) is 2.92. The number of carboxylic acids is 1. The van der Waals surface area contributed by atoms with Crippen LogP contribution >= 0.6 is 0 Å². The number of rotatable bonds is 3. The highest BCUT2D eigenvalue weighted by Gasteiger charge is 2.30. The van der Waals surface area contributed by atoms with E-state index in [0.29, 0.717) is 24.7 Å². The average molecular weight is 237 g/mol. The average Bonchev–Trinajstić information content (AvgIpc) is 2.68. The maximum absolute atomic E-state index is 10.8. The Balaban J connectivity index is 2.25. The summed E-state index contributed by atoms with van der Waals surface area (Å²) in [7, 11) is 0. The predicted octanol–water partition coefficient (Wildman–Crippen LogP) is 0.953. The molecular formula is C11H15N3O3. The van der Waals surface area contributed by atoms with Crippen molar-refractivity contribution in [2.45, 2.75) is 18.9 Å². The Hall–Kier alpha value is -1.82.